The molecule has 32 heavy (non-hydrogen) atoms. The van der Waals surface area contributed by atoms with E-state index in [9.17, 15) is 4.79 Å². The van der Waals surface area contributed by atoms with Gasteiger partial charge in [0.25, 0.3) is 5.91 Å². The highest BCUT2D eigenvalue weighted by Crippen LogP contribution is 2.34. The molecule has 0 aromatic heterocycles. The fourth-order valence-electron chi connectivity index (χ4n) is 3.98. The molecule has 2 unspecified atom stereocenters. The van der Waals surface area contributed by atoms with Gasteiger partial charge in [0, 0.05) is 22.5 Å². The highest BCUT2D eigenvalue weighted by molar-refractivity contribution is 6.34. The molecule has 0 radical (unpaired) electrons. The minimum Gasteiger partial charge on any atom is -0.351 e. The van der Waals surface area contributed by atoms with Gasteiger partial charge in [-0.15, -0.1) is 0 Å². The molecule has 0 saturated carbocycles. The first-order valence-electron chi connectivity index (χ1n) is 10.4. The molecule has 0 aliphatic rings. The molecule has 162 valence electrons. The number of carbonyl (C=O) groups is 1. The molecule has 5 heteroatoms. The summed E-state index contributed by atoms with van der Waals surface area (Å²) in [4.78, 5) is 13.1. The molecule has 0 aliphatic carbocycles. The van der Waals surface area contributed by atoms with Crippen molar-refractivity contribution in [1.82, 2.24) is 5.32 Å². The highest BCUT2D eigenvalue weighted by Gasteiger charge is 2.23. The van der Waals surface area contributed by atoms with Gasteiger partial charge in [0.1, 0.15) is 0 Å². The van der Waals surface area contributed by atoms with Crippen LogP contribution in [0.3, 0.4) is 0 Å². The summed E-state index contributed by atoms with van der Waals surface area (Å²) < 4.78 is 0. The number of rotatable bonds is 6. The van der Waals surface area contributed by atoms with Crippen LogP contribution < -0.4 is 5.32 Å². The van der Waals surface area contributed by atoms with Gasteiger partial charge >= 0.3 is 0 Å². The van der Waals surface area contributed by atoms with E-state index >= 15 is 0 Å². The van der Waals surface area contributed by atoms with Gasteiger partial charge in [-0.05, 0) is 64.2 Å². The van der Waals surface area contributed by atoms with Gasteiger partial charge < -0.3 is 5.32 Å². The summed E-state index contributed by atoms with van der Waals surface area (Å²) in [6, 6.07) is 27.1. The predicted octanol–water partition coefficient (Wildman–Crippen LogP) is 8.12. The minimum atomic E-state index is -0.192. The van der Waals surface area contributed by atoms with Gasteiger partial charge in [-0.2, -0.15) is 0 Å². The number of benzene rings is 4. The van der Waals surface area contributed by atoms with Crippen molar-refractivity contribution in [2.75, 3.05) is 6.54 Å². The van der Waals surface area contributed by atoms with Crippen LogP contribution in [0.15, 0.2) is 84.9 Å². The lowest BCUT2D eigenvalue weighted by Gasteiger charge is -2.26. The molecule has 1 amide bonds. The Morgan fingerprint density at radius 1 is 0.781 bits per heavy atom. The second kappa shape index (κ2) is 9.95. The summed E-state index contributed by atoms with van der Waals surface area (Å²) in [5.74, 6) is -0.0135. The van der Waals surface area contributed by atoms with Crippen LogP contribution in [0.2, 0.25) is 15.1 Å². The molecule has 4 aromatic rings. The van der Waals surface area contributed by atoms with Crippen LogP contribution >= 0.6 is 34.8 Å². The number of hydrogen-bond acceptors (Lipinski definition) is 1. The lowest BCUT2D eigenvalue weighted by molar-refractivity contribution is 0.0950. The second-order valence-corrected chi connectivity index (χ2v) is 9.17. The van der Waals surface area contributed by atoms with Gasteiger partial charge in [-0.1, -0.05) is 90.3 Å². The van der Waals surface area contributed by atoms with E-state index in [1.807, 2.05) is 84.9 Å². The molecule has 0 heterocycles. The molecular formula is C27H22Cl3NO. The van der Waals surface area contributed by atoms with Crippen molar-refractivity contribution in [1.29, 1.82) is 0 Å². The zero-order valence-corrected chi connectivity index (χ0v) is 19.8. The largest absolute Gasteiger partial charge is 0.351 e. The lowest BCUT2D eigenvalue weighted by Crippen LogP contribution is -2.30. The first-order valence-corrected chi connectivity index (χ1v) is 11.5. The number of carbonyl (C=O) groups excluding carboxylic acids is 1. The molecule has 0 bridgehead atoms. The van der Waals surface area contributed by atoms with Crippen molar-refractivity contribution in [3.63, 3.8) is 0 Å². The van der Waals surface area contributed by atoms with Crippen LogP contribution in [0.5, 0.6) is 0 Å². The van der Waals surface area contributed by atoms with Crippen molar-refractivity contribution in [3.8, 4) is 0 Å². The summed E-state index contributed by atoms with van der Waals surface area (Å²) in [6.07, 6.45) is 0. The smallest absolute Gasteiger partial charge is 0.252 e. The second-order valence-electron chi connectivity index (χ2n) is 7.89. The monoisotopic (exact) mass is 481 g/mol. The fraction of sp³-hybridized carbons (Fsp3) is 0.148. The maximum Gasteiger partial charge on any atom is 0.252 e. The first-order chi connectivity index (χ1) is 15.4. The van der Waals surface area contributed by atoms with Crippen molar-refractivity contribution < 1.29 is 4.79 Å². The molecule has 1 N–H and O–H groups in total. The molecule has 2 nitrogen and oxygen atoms in total. The number of amides is 1. The zero-order valence-electron chi connectivity index (χ0n) is 17.5. The van der Waals surface area contributed by atoms with Crippen molar-refractivity contribution in [3.05, 3.63) is 117 Å². The Morgan fingerprint density at radius 2 is 1.31 bits per heavy atom. The van der Waals surface area contributed by atoms with E-state index in [1.165, 1.54) is 0 Å². The topological polar surface area (TPSA) is 29.1 Å². The normalized spacial score (nSPS) is 13.0. The standard InChI is InChI=1S/C27H22Cl3NO/c1-17(18-6-10-22(28)11-7-18)25(19-8-12-23(29)13-9-19)16-31-27(32)24-14-20-4-2-3-5-21(20)15-26(24)30/h2-15,17,25H,16H2,1H3,(H,31,32). The molecular weight excluding hydrogens is 461 g/mol. The van der Waals surface area contributed by atoms with Gasteiger partial charge in [-0.25, -0.2) is 0 Å². The highest BCUT2D eigenvalue weighted by atomic mass is 35.5. The van der Waals surface area contributed by atoms with Gasteiger partial charge in [0.2, 0.25) is 0 Å². The van der Waals surface area contributed by atoms with E-state index in [2.05, 4.69) is 12.2 Å². The summed E-state index contributed by atoms with van der Waals surface area (Å²) >= 11 is 18.6. The van der Waals surface area contributed by atoms with Crippen LogP contribution in [0.4, 0.5) is 0 Å². The Hall–Kier alpha value is -2.52. The third kappa shape index (κ3) is 5.10. The summed E-state index contributed by atoms with van der Waals surface area (Å²) in [5, 5.41) is 6.90. The molecule has 4 rings (SSSR count). The number of hydrogen-bond donors (Lipinski definition) is 1. The lowest BCUT2D eigenvalue weighted by atomic mass is 9.82. The van der Waals surface area contributed by atoms with E-state index in [0.29, 0.717) is 27.2 Å². The maximum absolute atomic E-state index is 13.1. The Morgan fingerprint density at radius 3 is 1.91 bits per heavy atom. The Bertz CT molecular complexity index is 1240. The van der Waals surface area contributed by atoms with Crippen molar-refractivity contribution in [2.45, 2.75) is 18.8 Å². The molecule has 0 fully saturated rings. The molecule has 2 atom stereocenters. The van der Waals surface area contributed by atoms with Crippen LogP contribution in [0.25, 0.3) is 10.8 Å². The third-order valence-corrected chi connectivity index (χ3v) is 6.68. The van der Waals surface area contributed by atoms with Crippen LogP contribution in [0.1, 0.15) is 40.2 Å². The Kier molecular flexibility index (Phi) is 7.05. The van der Waals surface area contributed by atoms with E-state index in [0.717, 1.165) is 21.9 Å². The summed E-state index contributed by atoms with van der Waals surface area (Å²) in [5.41, 5.74) is 2.72. The average Bonchev–Trinajstić information content (AvgIpc) is 2.80. The average molecular weight is 483 g/mol. The SMILES string of the molecule is CC(c1ccc(Cl)cc1)C(CNC(=O)c1cc2ccccc2cc1Cl)c1ccc(Cl)cc1. The first kappa shape index (κ1) is 22.7. The van der Waals surface area contributed by atoms with E-state index < -0.39 is 0 Å². The van der Waals surface area contributed by atoms with Crippen LogP contribution in [-0.2, 0) is 0 Å². The molecule has 0 saturated heterocycles. The number of halogens is 3. The Labute approximate surface area is 203 Å². The maximum atomic E-state index is 13.1. The van der Waals surface area contributed by atoms with Gasteiger partial charge in [0.05, 0.1) is 10.6 Å². The fourth-order valence-corrected chi connectivity index (χ4v) is 4.49. The molecule has 4 aromatic carbocycles. The number of fused-ring (bicyclic) bond motifs is 1. The Balaban J connectivity index is 1.59. The van der Waals surface area contributed by atoms with Gasteiger partial charge in [-0.3, -0.25) is 4.79 Å². The van der Waals surface area contributed by atoms with E-state index in [4.69, 9.17) is 34.8 Å². The quantitative estimate of drug-likeness (QED) is 0.295. The molecule has 0 spiro atoms. The van der Waals surface area contributed by atoms with Gasteiger partial charge in [0.15, 0.2) is 0 Å². The van der Waals surface area contributed by atoms with Crippen LogP contribution in [-0.4, -0.2) is 12.5 Å². The van der Waals surface area contributed by atoms with E-state index in [-0.39, 0.29) is 17.7 Å². The van der Waals surface area contributed by atoms with Crippen LogP contribution in [0, 0.1) is 0 Å². The van der Waals surface area contributed by atoms with E-state index in [1.54, 1.807) is 0 Å². The summed E-state index contributed by atoms with van der Waals surface area (Å²) in [6.45, 7) is 2.60. The third-order valence-electron chi connectivity index (χ3n) is 5.86. The van der Waals surface area contributed by atoms with Crippen molar-refractivity contribution in [2.24, 2.45) is 0 Å². The minimum absolute atomic E-state index is 0.0385. The summed E-state index contributed by atoms with van der Waals surface area (Å²) in [7, 11) is 0. The molecule has 0 aliphatic heterocycles. The predicted molar refractivity (Wildman–Crippen MR) is 135 cm³/mol. The van der Waals surface area contributed by atoms with Crippen molar-refractivity contribution >= 4 is 51.5 Å². The number of nitrogens with one attached hydrogen (secondary N) is 1. The zero-order chi connectivity index (χ0) is 22.7.